The summed E-state index contributed by atoms with van der Waals surface area (Å²) < 4.78 is 3.47. The molecule has 0 aliphatic heterocycles. The molecule has 0 fully saturated rings. The van der Waals surface area contributed by atoms with Gasteiger partial charge in [-0.2, -0.15) is 5.10 Å². The van der Waals surface area contributed by atoms with E-state index in [1.807, 2.05) is 44.6 Å². The Morgan fingerprint density at radius 3 is 2.55 bits per heavy atom. The summed E-state index contributed by atoms with van der Waals surface area (Å²) in [5.74, 6) is -1.02. The highest BCUT2D eigenvalue weighted by Crippen LogP contribution is 2.18. The molecule has 2 aromatic rings. The quantitative estimate of drug-likeness (QED) is 0.902. The van der Waals surface area contributed by atoms with Crippen molar-refractivity contribution in [1.29, 1.82) is 0 Å². The van der Waals surface area contributed by atoms with Crippen LogP contribution in [-0.2, 0) is 6.54 Å². The van der Waals surface area contributed by atoms with Gasteiger partial charge in [0.2, 0.25) is 0 Å². The zero-order valence-electron chi connectivity index (χ0n) is 12.1. The van der Waals surface area contributed by atoms with E-state index in [0.717, 1.165) is 5.69 Å². The van der Waals surface area contributed by atoms with Gasteiger partial charge in [0, 0.05) is 12.2 Å². The molecule has 7 heteroatoms. The Hall–Kier alpha value is -2.18. The maximum atomic E-state index is 11.1. The molecule has 20 heavy (non-hydrogen) atoms. The van der Waals surface area contributed by atoms with Gasteiger partial charge in [-0.15, -0.1) is 5.10 Å². The van der Waals surface area contributed by atoms with Crippen molar-refractivity contribution in [2.45, 2.75) is 46.2 Å². The maximum absolute atomic E-state index is 11.1. The topological polar surface area (TPSA) is 85.8 Å². The predicted octanol–water partition coefficient (Wildman–Crippen LogP) is 1.93. The first-order chi connectivity index (χ1) is 9.40. The molecule has 0 saturated carbocycles. The van der Waals surface area contributed by atoms with Crippen LogP contribution in [0.3, 0.4) is 0 Å². The number of aromatic nitrogens is 5. The SMILES string of the molecule is CC(C)c1c(C(=O)O)nnn1Cc1ccn(C(C)C)n1. The molecule has 2 rings (SSSR count). The number of carboxylic acids is 1. The van der Waals surface area contributed by atoms with Crippen LogP contribution in [0.1, 0.15) is 61.5 Å². The van der Waals surface area contributed by atoms with Crippen LogP contribution in [0.15, 0.2) is 12.3 Å². The Morgan fingerprint density at radius 2 is 2.05 bits per heavy atom. The van der Waals surface area contributed by atoms with E-state index in [1.165, 1.54) is 0 Å². The fraction of sp³-hybridized carbons (Fsp3) is 0.538. The van der Waals surface area contributed by atoms with Crippen LogP contribution in [0.4, 0.5) is 0 Å². The number of hydrogen-bond acceptors (Lipinski definition) is 4. The summed E-state index contributed by atoms with van der Waals surface area (Å²) in [5, 5.41) is 21.3. The lowest BCUT2D eigenvalue weighted by molar-refractivity contribution is 0.0688. The van der Waals surface area contributed by atoms with E-state index in [9.17, 15) is 4.79 Å². The molecule has 0 aliphatic carbocycles. The van der Waals surface area contributed by atoms with Crippen molar-refractivity contribution in [2.24, 2.45) is 0 Å². The van der Waals surface area contributed by atoms with Gasteiger partial charge >= 0.3 is 5.97 Å². The standard InChI is InChI=1S/C13H19N5O2/c1-8(2)12-11(13(19)20)14-16-18(12)7-10-5-6-17(15-10)9(3)4/h5-6,8-9H,7H2,1-4H3,(H,19,20). The number of aromatic carboxylic acids is 1. The average molecular weight is 277 g/mol. The van der Waals surface area contributed by atoms with E-state index in [4.69, 9.17) is 5.11 Å². The molecule has 0 atom stereocenters. The van der Waals surface area contributed by atoms with E-state index in [1.54, 1.807) is 4.68 Å². The fourth-order valence-corrected chi connectivity index (χ4v) is 2.06. The zero-order chi connectivity index (χ0) is 14.9. The summed E-state index contributed by atoms with van der Waals surface area (Å²) >= 11 is 0. The highest BCUT2D eigenvalue weighted by molar-refractivity contribution is 5.86. The number of carbonyl (C=O) groups is 1. The summed E-state index contributed by atoms with van der Waals surface area (Å²) in [6.07, 6.45) is 1.91. The lowest BCUT2D eigenvalue weighted by Gasteiger charge is -2.09. The Morgan fingerprint density at radius 1 is 1.35 bits per heavy atom. The van der Waals surface area contributed by atoms with E-state index < -0.39 is 5.97 Å². The largest absolute Gasteiger partial charge is 0.476 e. The Bertz CT molecular complexity index is 612. The molecule has 0 radical (unpaired) electrons. The molecule has 0 aromatic carbocycles. The molecule has 0 saturated heterocycles. The Balaban J connectivity index is 2.31. The van der Waals surface area contributed by atoms with Crippen molar-refractivity contribution >= 4 is 5.97 Å². The van der Waals surface area contributed by atoms with Gasteiger partial charge in [0.25, 0.3) is 0 Å². The average Bonchev–Trinajstić information content (AvgIpc) is 2.95. The second-order valence-corrected chi connectivity index (χ2v) is 5.32. The van der Waals surface area contributed by atoms with Gasteiger partial charge in [-0.25, -0.2) is 9.48 Å². The van der Waals surface area contributed by atoms with Crippen molar-refractivity contribution in [1.82, 2.24) is 24.8 Å². The van der Waals surface area contributed by atoms with Gasteiger partial charge in [-0.3, -0.25) is 4.68 Å². The Kier molecular flexibility index (Phi) is 3.87. The van der Waals surface area contributed by atoms with Crippen molar-refractivity contribution < 1.29 is 9.90 Å². The molecule has 2 heterocycles. The number of hydrogen-bond donors (Lipinski definition) is 1. The number of nitrogens with zero attached hydrogens (tertiary/aromatic N) is 5. The summed E-state index contributed by atoms with van der Waals surface area (Å²) in [7, 11) is 0. The molecule has 1 N–H and O–H groups in total. The zero-order valence-corrected chi connectivity index (χ0v) is 12.1. The van der Waals surface area contributed by atoms with E-state index >= 15 is 0 Å². The first kappa shape index (κ1) is 14.2. The first-order valence-corrected chi connectivity index (χ1v) is 6.60. The molecule has 0 unspecified atom stereocenters. The highest BCUT2D eigenvalue weighted by atomic mass is 16.4. The van der Waals surface area contributed by atoms with Crippen LogP contribution >= 0.6 is 0 Å². The summed E-state index contributed by atoms with van der Waals surface area (Å²) in [4.78, 5) is 11.1. The minimum absolute atomic E-state index is 0.0169. The van der Waals surface area contributed by atoms with Gasteiger partial charge in [-0.05, 0) is 25.8 Å². The molecule has 0 amide bonds. The van der Waals surface area contributed by atoms with Crippen molar-refractivity contribution in [3.05, 3.63) is 29.3 Å². The van der Waals surface area contributed by atoms with Crippen LogP contribution in [0.25, 0.3) is 0 Å². The summed E-state index contributed by atoms with van der Waals surface area (Å²) in [6, 6.07) is 2.20. The molecular weight excluding hydrogens is 258 g/mol. The van der Waals surface area contributed by atoms with Crippen LogP contribution in [-0.4, -0.2) is 35.9 Å². The van der Waals surface area contributed by atoms with Crippen LogP contribution < -0.4 is 0 Å². The lowest BCUT2D eigenvalue weighted by Crippen LogP contribution is -2.11. The minimum atomic E-state index is -1.05. The second-order valence-electron chi connectivity index (χ2n) is 5.32. The van der Waals surface area contributed by atoms with Crippen molar-refractivity contribution in [3.63, 3.8) is 0 Å². The van der Waals surface area contributed by atoms with Gasteiger partial charge in [0.15, 0.2) is 5.69 Å². The van der Waals surface area contributed by atoms with Crippen LogP contribution in [0, 0.1) is 0 Å². The maximum Gasteiger partial charge on any atom is 0.358 e. The fourth-order valence-electron chi connectivity index (χ4n) is 2.06. The molecular formula is C13H19N5O2. The molecule has 0 bridgehead atoms. The number of carboxylic acid groups (broad SMARTS) is 1. The molecule has 108 valence electrons. The highest BCUT2D eigenvalue weighted by Gasteiger charge is 2.21. The molecule has 0 aliphatic rings. The second kappa shape index (κ2) is 5.44. The smallest absolute Gasteiger partial charge is 0.358 e. The van der Waals surface area contributed by atoms with Crippen LogP contribution in [0.5, 0.6) is 0 Å². The van der Waals surface area contributed by atoms with Gasteiger partial charge in [0.1, 0.15) is 0 Å². The summed E-state index contributed by atoms with van der Waals surface area (Å²) in [6.45, 7) is 8.37. The normalized spacial score (nSPS) is 11.5. The molecule has 0 spiro atoms. The van der Waals surface area contributed by atoms with Crippen LogP contribution in [0.2, 0.25) is 0 Å². The third-order valence-corrected chi connectivity index (χ3v) is 3.03. The minimum Gasteiger partial charge on any atom is -0.476 e. The third kappa shape index (κ3) is 2.71. The van der Waals surface area contributed by atoms with Crippen molar-refractivity contribution in [3.8, 4) is 0 Å². The number of rotatable bonds is 5. The van der Waals surface area contributed by atoms with E-state index in [2.05, 4.69) is 15.4 Å². The Labute approximate surface area is 117 Å². The van der Waals surface area contributed by atoms with E-state index in [-0.39, 0.29) is 11.6 Å². The van der Waals surface area contributed by atoms with Gasteiger partial charge < -0.3 is 5.11 Å². The summed E-state index contributed by atoms with van der Waals surface area (Å²) in [5.41, 5.74) is 1.47. The first-order valence-electron chi connectivity index (χ1n) is 6.60. The molecule has 2 aromatic heterocycles. The third-order valence-electron chi connectivity index (χ3n) is 3.03. The lowest BCUT2D eigenvalue weighted by atomic mass is 10.1. The van der Waals surface area contributed by atoms with E-state index in [0.29, 0.717) is 18.3 Å². The molecule has 7 nitrogen and oxygen atoms in total. The van der Waals surface area contributed by atoms with Gasteiger partial charge in [0.05, 0.1) is 17.9 Å². The van der Waals surface area contributed by atoms with Gasteiger partial charge in [-0.1, -0.05) is 19.1 Å². The monoisotopic (exact) mass is 277 g/mol. The van der Waals surface area contributed by atoms with Crippen molar-refractivity contribution in [2.75, 3.05) is 0 Å². The predicted molar refractivity (Wildman–Crippen MR) is 72.8 cm³/mol.